The van der Waals surface area contributed by atoms with Gasteiger partial charge in [-0.1, -0.05) is 41.5 Å². The smallest absolute Gasteiger partial charge is 0.351 e. The second-order valence-electron chi connectivity index (χ2n) is 9.34. The number of esters is 3. The Bertz CT molecular complexity index is 1070. The van der Waals surface area contributed by atoms with Crippen molar-refractivity contribution in [1.29, 1.82) is 0 Å². The Morgan fingerprint density at radius 2 is 1.54 bits per heavy atom. The Hall–Kier alpha value is -3.11. The third-order valence-corrected chi connectivity index (χ3v) is 5.22. The second-order valence-corrected chi connectivity index (χ2v) is 9.34. The highest BCUT2D eigenvalue weighted by Gasteiger charge is 2.48. The van der Waals surface area contributed by atoms with Gasteiger partial charge in [0, 0.05) is 6.20 Å². The lowest BCUT2D eigenvalue weighted by atomic mass is 10.1. The van der Waals surface area contributed by atoms with Crippen LogP contribution in [0.4, 0.5) is 5.82 Å². The Labute approximate surface area is 227 Å². The van der Waals surface area contributed by atoms with Crippen LogP contribution in [-0.4, -0.2) is 77.9 Å². The number of ether oxygens (including phenoxy) is 7. The number of anilines is 1. The summed E-state index contributed by atoms with van der Waals surface area (Å²) >= 11 is 0. The molecule has 1 fully saturated rings. The predicted octanol–water partition coefficient (Wildman–Crippen LogP) is 1.20. The number of carbonyl (C=O) groups is 3. The molecular weight excluding hydrogens is 522 g/mol. The van der Waals surface area contributed by atoms with Crippen molar-refractivity contribution in [3.05, 3.63) is 22.7 Å². The molecule has 1 unspecified atom stereocenters. The molecule has 220 valence electrons. The van der Waals surface area contributed by atoms with Crippen molar-refractivity contribution in [3.8, 4) is 0 Å². The molecule has 15 heteroatoms. The average Bonchev–Trinajstić information content (AvgIpc) is 3.16. The lowest BCUT2D eigenvalue weighted by Crippen LogP contribution is -2.41. The molecule has 2 heterocycles. The summed E-state index contributed by atoms with van der Waals surface area (Å²) in [6.45, 7) is 7.60. The van der Waals surface area contributed by atoms with E-state index in [1.54, 1.807) is 47.0 Å². The van der Waals surface area contributed by atoms with E-state index in [1.807, 2.05) is 0 Å². The zero-order valence-corrected chi connectivity index (χ0v) is 22.8. The van der Waals surface area contributed by atoms with Crippen molar-refractivity contribution in [2.45, 2.75) is 66.1 Å². The second kappa shape index (κ2) is 15.5. The van der Waals surface area contributed by atoms with E-state index in [1.165, 1.54) is 12.3 Å². The first kappa shape index (κ1) is 30.4. The summed E-state index contributed by atoms with van der Waals surface area (Å²) in [6, 6.07) is 1.26. The van der Waals surface area contributed by atoms with Crippen LogP contribution < -0.4 is 11.2 Å². The van der Waals surface area contributed by atoms with Crippen LogP contribution in [0.5, 0.6) is 0 Å². The molecule has 1 aromatic rings. The lowest BCUT2D eigenvalue weighted by molar-refractivity contribution is -0.190. The normalized spacial score (nSPS) is 23.1. The summed E-state index contributed by atoms with van der Waals surface area (Å²) in [5.41, 5.74) is 0.861. The molecule has 0 saturated carbocycles. The molecule has 0 aromatic carbocycles. The van der Waals surface area contributed by atoms with Gasteiger partial charge in [0.05, 0.1) is 25.7 Å². The van der Waals surface area contributed by atoms with Gasteiger partial charge in [0.15, 0.2) is 32.4 Å². The summed E-state index contributed by atoms with van der Waals surface area (Å²) in [4.78, 5) is 52.1. The molecule has 1 aliphatic rings. The Morgan fingerprint density at radius 1 is 1.00 bits per heavy atom. The first-order valence-corrected chi connectivity index (χ1v) is 12.3. The largest absolute Gasteiger partial charge is 0.438 e. The number of nitrogens with zero attached hydrogens (tertiary/aromatic N) is 2. The topological polar surface area (TPSA) is 183 Å². The summed E-state index contributed by atoms with van der Waals surface area (Å²) < 4.78 is 48.0. The zero-order valence-electron chi connectivity index (χ0n) is 23.8. The van der Waals surface area contributed by atoms with E-state index in [-0.39, 0.29) is 12.4 Å². The van der Waals surface area contributed by atoms with Crippen LogP contribution in [0.25, 0.3) is 0 Å². The number of aromatic nitrogens is 2. The molecule has 0 radical (unpaired) electrons. The lowest BCUT2D eigenvalue weighted by Gasteiger charge is -2.25. The van der Waals surface area contributed by atoms with Crippen LogP contribution in [0.2, 0.25) is 0 Å². The third kappa shape index (κ3) is 9.54. The number of hydrogen-bond acceptors (Lipinski definition) is 14. The maximum atomic E-state index is 12.7. The monoisotopic (exact) mass is 560 g/mol. The van der Waals surface area contributed by atoms with Gasteiger partial charge in [-0.3, -0.25) is 29.6 Å². The standard InChI is InChI=1S/C24H37N3O12/c1-13(2)21(28)36-10-33-9-16-18(34-11-37-22(29)14(3)4)19(35-12-38-23(30)15(5)6)20(39-16)27-8-7-17(26-32)25-24(27)31/h7-8,13-16,18-20,32H,9-12H2,1-6H3,(H,25,26,31)/t16-,18-,19?,20-/m1/s1/i18D. The quantitative estimate of drug-likeness (QED) is 0.103. The molecule has 1 aliphatic heterocycles. The molecule has 0 aliphatic carbocycles. The fourth-order valence-electron chi connectivity index (χ4n) is 3.05. The molecule has 2 rings (SSSR count). The predicted molar refractivity (Wildman–Crippen MR) is 131 cm³/mol. The fourth-order valence-corrected chi connectivity index (χ4v) is 3.05. The van der Waals surface area contributed by atoms with E-state index >= 15 is 0 Å². The highest BCUT2D eigenvalue weighted by Crippen LogP contribution is 2.33. The summed E-state index contributed by atoms with van der Waals surface area (Å²) in [7, 11) is 0. The summed E-state index contributed by atoms with van der Waals surface area (Å²) in [5.74, 6) is -3.17. The van der Waals surface area contributed by atoms with Crippen molar-refractivity contribution in [1.82, 2.24) is 9.55 Å². The van der Waals surface area contributed by atoms with Crippen LogP contribution in [0.1, 0.15) is 49.1 Å². The van der Waals surface area contributed by atoms with E-state index in [9.17, 15) is 19.2 Å². The maximum absolute atomic E-state index is 12.7. The maximum Gasteiger partial charge on any atom is 0.351 e. The van der Waals surface area contributed by atoms with E-state index in [0.29, 0.717) is 0 Å². The Morgan fingerprint density at radius 3 is 2.05 bits per heavy atom. The van der Waals surface area contributed by atoms with Crippen LogP contribution >= 0.6 is 0 Å². The number of nitrogens with one attached hydrogen (secondary N) is 1. The van der Waals surface area contributed by atoms with E-state index in [2.05, 4.69) is 4.98 Å². The van der Waals surface area contributed by atoms with Crippen molar-refractivity contribution < 1.29 is 54.1 Å². The zero-order chi connectivity index (χ0) is 30.0. The molecule has 1 saturated heterocycles. The van der Waals surface area contributed by atoms with Gasteiger partial charge in [0.1, 0.15) is 18.3 Å². The van der Waals surface area contributed by atoms with Crippen LogP contribution in [-0.2, 0) is 47.5 Å². The first-order chi connectivity index (χ1) is 18.8. The van der Waals surface area contributed by atoms with Gasteiger partial charge < -0.3 is 33.2 Å². The molecule has 0 spiro atoms. The minimum absolute atomic E-state index is 0.150. The van der Waals surface area contributed by atoms with Crippen LogP contribution in [0.15, 0.2) is 17.1 Å². The van der Waals surface area contributed by atoms with Gasteiger partial charge >= 0.3 is 23.6 Å². The third-order valence-electron chi connectivity index (χ3n) is 5.22. The minimum Gasteiger partial charge on any atom is -0.438 e. The molecule has 4 atom stereocenters. The van der Waals surface area contributed by atoms with Crippen molar-refractivity contribution in [2.24, 2.45) is 17.8 Å². The fraction of sp³-hybridized carbons (Fsp3) is 0.708. The molecule has 1 aromatic heterocycles. The van der Waals surface area contributed by atoms with E-state index in [4.69, 9.17) is 39.7 Å². The van der Waals surface area contributed by atoms with Gasteiger partial charge in [-0.25, -0.2) is 4.79 Å². The molecular formula is C24H37N3O12. The van der Waals surface area contributed by atoms with E-state index < -0.39 is 86.2 Å². The molecule has 0 bridgehead atoms. The number of hydrogen-bond donors (Lipinski definition) is 2. The highest BCUT2D eigenvalue weighted by atomic mass is 16.7. The van der Waals surface area contributed by atoms with Crippen molar-refractivity contribution in [3.63, 3.8) is 0 Å². The molecule has 15 nitrogen and oxygen atoms in total. The van der Waals surface area contributed by atoms with Gasteiger partial charge in [-0.2, -0.15) is 4.98 Å². The SMILES string of the molecule is [2H][C@]1(OCOC(=O)C(C)C)C(OCOC(=O)C(C)C)[C@H](n2ccc(NO)nc2=O)O[C@@H]1COCOC(=O)C(C)C. The minimum atomic E-state index is -2.21. The Balaban J connectivity index is 2.37. The number of carbonyl (C=O) groups excluding carboxylic acids is 3. The number of rotatable bonds is 15. The van der Waals surface area contributed by atoms with Crippen molar-refractivity contribution in [2.75, 3.05) is 32.5 Å². The van der Waals surface area contributed by atoms with Gasteiger partial charge in [0.25, 0.3) is 0 Å². The van der Waals surface area contributed by atoms with Gasteiger partial charge in [0.2, 0.25) is 0 Å². The highest BCUT2D eigenvalue weighted by molar-refractivity contribution is 5.72. The van der Waals surface area contributed by atoms with E-state index in [0.717, 1.165) is 4.57 Å². The van der Waals surface area contributed by atoms with Crippen molar-refractivity contribution >= 4 is 23.7 Å². The van der Waals surface area contributed by atoms with Gasteiger partial charge in [-0.05, 0) is 6.07 Å². The summed E-state index contributed by atoms with van der Waals surface area (Å²) in [6.07, 6.45) is -5.13. The van der Waals surface area contributed by atoms with Crippen LogP contribution in [0.3, 0.4) is 0 Å². The Kier molecular flexibility index (Phi) is 12.1. The molecule has 0 amide bonds. The summed E-state index contributed by atoms with van der Waals surface area (Å²) in [5, 5.41) is 9.07. The van der Waals surface area contributed by atoms with Gasteiger partial charge in [-0.15, -0.1) is 0 Å². The average molecular weight is 561 g/mol. The molecule has 39 heavy (non-hydrogen) atoms. The van der Waals surface area contributed by atoms with Crippen LogP contribution in [0, 0.1) is 17.8 Å². The molecule has 2 N–H and O–H groups in total. The first-order valence-electron chi connectivity index (χ1n) is 12.8.